The highest BCUT2D eigenvalue weighted by molar-refractivity contribution is 5.81. The standard InChI is InChI=1S/C22H30N4O/c1-14-10-26(11-15(2)27-14)20-6-3-16-7-17(4-5-19(16)25-20)22(24)12-21(13-22)8-18(23)9-21/h3-7,14-15,18H,8-13,23-24H2,1-2H3/t14-,15+,18?,21?,22?. The van der Waals surface area contributed by atoms with Gasteiger partial charge >= 0.3 is 0 Å². The molecule has 0 bridgehead atoms. The summed E-state index contributed by atoms with van der Waals surface area (Å²) >= 11 is 0. The first kappa shape index (κ1) is 17.4. The maximum Gasteiger partial charge on any atom is 0.129 e. The molecule has 0 radical (unpaired) electrons. The van der Waals surface area contributed by atoms with Crippen LogP contribution < -0.4 is 16.4 Å². The van der Waals surface area contributed by atoms with E-state index in [1.54, 1.807) is 0 Å². The second kappa shape index (κ2) is 5.90. The fourth-order valence-corrected chi connectivity index (χ4v) is 5.80. The Balaban J connectivity index is 1.38. The van der Waals surface area contributed by atoms with E-state index in [0.29, 0.717) is 11.5 Å². The molecular formula is C22H30N4O. The molecule has 2 aromatic rings. The number of benzene rings is 1. The summed E-state index contributed by atoms with van der Waals surface area (Å²) in [5.41, 5.74) is 15.2. The molecule has 5 rings (SSSR count). The topological polar surface area (TPSA) is 77.4 Å². The Morgan fingerprint density at radius 2 is 1.78 bits per heavy atom. The fourth-order valence-electron chi connectivity index (χ4n) is 5.80. The van der Waals surface area contributed by atoms with Gasteiger partial charge in [-0.1, -0.05) is 6.07 Å². The highest BCUT2D eigenvalue weighted by Crippen LogP contribution is 2.62. The van der Waals surface area contributed by atoms with Crippen LogP contribution in [0.15, 0.2) is 30.3 Å². The summed E-state index contributed by atoms with van der Waals surface area (Å²) in [5, 5.41) is 1.17. The summed E-state index contributed by atoms with van der Waals surface area (Å²) in [6, 6.07) is 11.3. The van der Waals surface area contributed by atoms with Crippen LogP contribution in [0.2, 0.25) is 0 Å². The monoisotopic (exact) mass is 366 g/mol. The quantitative estimate of drug-likeness (QED) is 0.854. The third-order valence-electron chi connectivity index (χ3n) is 6.76. The first-order valence-electron chi connectivity index (χ1n) is 10.2. The Labute approximate surface area is 161 Å². The zero-order chi connectivity index (χ0) is 18.8. The first-order chi connectivity index (χ1) is 12.8. The van der Waals surface area contributed by atoms with E-state index in [4.69, 9.17) is 21.2 Å². The van der Waals surface area contributed by atoms with Gasteiger partial charge in [-0.15, -0.1) is 0 Å². The molecule has 0 unspecified atom stereocenters. The summed E-state index contributed by atoms with van der Waals surface area (Å²) in [6.45, 7) is 6.02. The zero-order valence-electron chi connectivity index (χ0n) is 16.3. The Bertz CT molecular complexity index is 858. The lowest BCUT2D eigenvalue weighted by atomic mass is 9.46. The van der Waals surface area contributed by atoms with Crippen LogP contribution in [0.5, 0.6) is 0 Å². The van der Waals surface area contributed by atoms with Gasteiger partial charge in [-0.25, -0.2) is 4.98 Å². The molecule has 2 atom stereocenters. The number of aromatic nitrogens is 1. The summed E-state index contributed by atoms with van der Waals surface area (Å²) in [6.07, 6.45) is 4.87. The molecule has 4 N–H and O–H groups in total. The van der Waals surface area contributed by atoms with Gasteiger partial charge in [0.2, 0.25) is 0 Å². The van der Waals surface area contributed by atoms with Gasteiger partial charge in [-0.05, 0) is 74.8 Å². The van der Waals surface area contributed by atoms with Gasteiger partial charge in [0.05, 0.1) is 17.7 Å². The number of fused-ring (bicyclic) bond motifs is 1. The van der Waals surface area contributed by atoms with Gasteiger partial charge in [0, 0.05) is 30.1 Å². The molecule has 1 aliphatic heterocycles. The lowest BCUT2D eigenvalue weighted by molar-refractivity contribution is -0.0589. The fraction of sp³-hybridized carbons (Fsp3) is 0.591. The van der Waals surface area contributed by atoms with E-state index in [2.05, 4.69) is 49.1 Å². The number of anilines is 1. The highest BCUT2D eigenvalue weighted by atomic mass is 16.5. The van der Waals surface area contributed by atoms with Gasteiger partial charge in [-0.2, -0.15) is 0 Å². The van der Waals surface area contributed by atoms with Crippen LogP contribution in [-0.4, -0.2) is 36.3 Å². The van der Waals surface area contributed by atoms with Gasteiger partial charge in [0.1, 0.15) is 5.82 Å². The van der Waals surface area contributed by atoms with E-state index in [0.717, 1.165) is 50.1 Å². The van der Waals surface area contributed by atoms with Crippen LogP contribution in [0.3, 0.4) is 0 Å². The highest BCUT2D eigenvalue weighted by Gasteiger charge is 2.58. The predicted molar refractivity (Wildman–Crippen MR) is 109 cm³/mol. The molecule has 1 aromatic heterocycles. The maximum atomic E-state index is 6.74. The predicted octanol–water partition coefficient (Wildman–Crippen LogP) is 2.90. The van der Waals surface area contributed by atoms with Crippen molar-refractivity contribution < 1.29 is 4.74 Å². The number of pyridine rings is 1. The van der Waals surface area contributed by atoms with Gasteiger partial charge in [0.15, 0.2) is 0 Å². The minimum absolute atomic E-state index is 0.192. The van der Waals surface area contributed by atoms with Crippen molar-refractivity contribution in [3.63, 3.8) is 0 Å². The lowest BCUT2D eigenvalue weighted by Gasteiger charge is -2.62. The molecule has 5 nitrogen and oxygen atoms in total. The molecule has 1 spiro atoms. The van der Waals surface area contributed by atoms with E-state index < -0.39 is 0 Å². The van der Waals surface area contributed by atoms with Crippen LogP contribution in [0.25, 0.3) is 10.9 Å². The normalized spacial score (nSPS) is 38.7. The van der Waals surface area contributed by atoms with Crippen LogP contribution >= 0.6 is 0 Å². The Kier molecular flexibility index (Phi) is 3.81. The van der Waals surface area contributed by atoms with Crippen molar-refractivity contribution >= 4 is 16.7 Å². The van der Waals surface area contributed by atoms with Crippen molar-refractivity contribution in [2.75, 3.05) is 18.0 Å². The molecule has 0 amide bonds. The number of nitrogens with zero attached hydrogens (tertiary/aromatic N) is 2. The van der Waals surface area contributed by atoms with E-state index in [1.165, 1.54) is 10.9 Å². The molecule has 2 aliphatic carbocycles. The van der Waals surface area contributed by atoms with Gasteiger partial charge < -0.3 is 21.1 Å². The summed E-state index contributed by atoms with van der Waals surface area (Å²) in [7, 11) is 0. The van der Waals surface area contributed by atoms with Crippen LogP contribution in [-0.2, 0) is 10.3 Å². The zero-order valence-corrected chi connectivity index (χ0v) is 16.3. The molecule has 144 valence electrons. The summed E-state index contributed by atoms with van der Waals surface area (Å²) in [4.78, 5) is 7.24. The third kappa shape index (κ3) is 2.93. The number of ether oxygens (including phenoxy) is 1. The van der Waals surface area contributed by atoms with Crippen molar-refractivity contribution in [3.8, 4) is 0 Å². The van der Waals surface area contributed by atoms with Crippen molar-refractivity contribution in [1.82, 2.24) is 4.98 Å². The van der Waals surface area contributed by atoms with Crippen molar-refractivity contribution in [2.24, 2.45) is 16.9 Å². The smallest absolute Gasteiger partial charge is 0.129 e. The van der Waals surface area contributed by atoms with E-state index in [9.17, 15) is 0 Å². The van der Waals surface area contributed by atoms with Crippen LogP contribution in [0, 0.1) is 5.41 Å². The SMILES string of the molecule is C[C@@H]1CN(c2ccc3cc(C4(N)CC5(CC(N)C5)C4)ccc3n2)C[C@H](C)O1. The van der Waals surface area contributed by atoms with Crippen molar-refractivity contribution in [2.45, 2.75) is 63.3 Å². The second-order valence-electron chi connectivity index (χ2n) is 9.42. The minimum Gasteiger partial charge on any atom is -0.372 e. The second-order valence-corrected chi connectivity index (χ2v) is 9.42. The third-order valence-corrected chi connectivity index (χ3v) is 6.76. The Morgan fingerprint density at radius 1 is 1.07 bits per heavy atom. The van der Waals surface area contributed by atoms with E-state index >= 15 is 0 Å². The van der Waals surface area contributed by atoms with Gasteiger partial charge in [-0.3, -0.25) is 0 Å². The van der Waals surface area contributed by atoms with Crippen LogP contribution in [0.1, 0.15) is 45.1 Å². The Morgan fingerprint density at radius 3 is 2.44 bits per heavy atom. The van der Waals surface area contributed by atoms with Crippen LogP contribution in [0.4, 0.5) is 5.82 Å². The summed E-state index contributed by atoms with van der Waals surface area (Å²) < 4.78 is 5.84. The average molecular weight is 367 g/mol. The minimum atomic E-state index is -0.192. The largest absolute Gasteiger partial charge is 0.372 e. The molecular weight excluding hydrogens is 336 g/mol. The number of morpholine rings is 1. The average Bonchev–Trinajstić information content (AvgIpc) is 2.57. The maximum absolute atomic E-state index is 6.74. The molecule has 5 heteroatoms. The summed E-state index contributed by atoms with van der Waals surface area (Å²) in [5.74, 6) is 1.03. The number of nitrogens with two attached hydrogens (primary N) is 2. The number of rotatable bonds is 2. The molecule has 1 aromatic carbocycles. The van der Waals surface area contributed by atoms with E-state index in [1.807, 2.05) is 0 Å². The molecule has 3 aliphatic rings. The molecule has 27 heavy (non-hydrogen) atoms. The van der Waals surface area contributed by atoms with Crippen molar-refractivity contribution in [1.29, 1.82) is 0 Å². The molecule has 3 fully saturated rings. The van der Waals surface area contributed by atoms with Crippen molar-refractivity contribution in [3.05, 3.63) is 35.9 Å². The van der Waals surface area contributed by atoms with Gasteiger partial charge in [0.25, 0.3) is 0 Å². The first-order valence-corrected chi connectivity index (χ1v) is 10.2. The molecule has 2 saturated carbocycles. The molecule has 2 heterocycles. The van der Waals surface area contributed by atoms with E-state index in [-0.39, 0.29) is 17.7 Å². The number of hydrogen-bond acceptors (Lipinski definition) is 5. The Hall–Kier alpha value is -1.69. The molecule has 1 saturated heterocycles. The lowest BCUT2D eigenvalue weighted by Crippen LogP contribution is -2.63. The number of hydrogen-bond donors (Lipinski definition) is 2.